The average Bonchev–Trinajstić information content (AvgIpc) is 2.36. The van der Waals surface area contributed by atoms with E-state index in [1.54, 1.807) is 12.4 Å². The Morgan fingerprint density at radius 3 is 2.53 bits per heavy atom. The van der Waals surface area contributed by atoms with Gasteiger partial charge in [-0.25, -0.2) is 4.98 Å². The molecule has 4 nitrogen and oxygen atoms in total. The first kappa shape index (κ1) is 15.7. The van der Waals surface area contributed by atoms with Gasteiger partial charge in [-0.2, -0.15) is 0 Å². The van der Waals surface area contributed by atoms with Crippen molar-refractivity contribution in [2.24, 2.45) is 5.92 Å². The molecule has 0 saturated heterocycles. The van der Waals surface area contributed by atoms with Gasteiger partial charge >= 0.3 is 0 Å². The second-order valence-corrected chi connectivity index (χ2v) is 5.59. The van der Waals surface area contributed by atoms with Crippen LogP contribution in [0.15, 0.2) is 12.4 Å². The van der Waals surface area contributed by atoms with Crippen LogP contribution < -0.4 is 10.6 Å². The van der Waals surface area contributed by atoms with Crippen LogP contribution in [0.25, 0.3) is 0 Å². The average molecular weight is 264 g/mol. The lowest BCUT2D eigenvalue weighted by molar-refractivity contribution is 0.520. The fraction of sp³-hybridized carbons (Fsp3) is 0.733. The van der Waals surface area contributed by atoms with Crippen LogP contribution in [0, 0.1) is 5.92 Å². The highest BCUT2D eigenvalue weighted by atomic mass is 15.1. The van der Waals surface area contributed by atoms with Crippen molar-refractivity contribution in [2.45, 2.75) is 59.4 Å². The molecule has 1 aromatic rings. The standard InChI is InChI=1S/C15H28N4/c1-5-9-17-14-10-16-11-15(19-14)18-13(4)8-6-7-12(2)3/h10-13H,5-9H2,1-4H3,(H2,17,18,19). The maximum atomic E-state index is 4.51. The van der Waals surface area contributed by atoms with Gasteiger partial charge in [-0.15, -0.1) is 0 Å². The molecule has 1 heterocycles. The van der Waals surface area contributed by atoms with Gasteiger partial charge in [0.1, 0.15) is 11.6 Å². The molecule has 0 aliphatic rings. The van der Waals surface area contributed by atoms with E-state index in [2.05, 4.69) is 48.3 Å². The van der Waals surface area contributed by atoms with Crippen molar-refractivity contribution in [1.82, 2.24) is 9.97 Å². The van der Waals surface area contributed by atoms with Crippen molar-refractivity contribution < 1.29 is 0 Å². The lowest BCUT2D eigenvalue weighted by atomic mass is 10.0. The van der Waals surface area contributed by atoms with Gasteiger partial charge in [-0.3, -0.25) is 4.98 Å². The molecule has 19 heavy (non-hydrogen) atoms. The lowest BCUT2D eigenvalue weighted by Crippen LogP contribution is -2.17. The van der Waals surface area contributed by atoms with E-state index in [4.69, 9.17) is 0 Å². The summed E-state index contributed by atoms with van der Waals surface area (Å²) in [5, 5.41) is 6.67. The molecule has 1 aromatic heterocycles. The summed E-state index contributed by atoms with van der Waals surface area (Å²) in [6.07, 6.45) is 8.36. The zero-order chi connectivity index (χ0) is 14.1. The molecule has 4 heteroatoms. The summed E-state index contributed by atoms with van der Waals surface area (Å²) in [6, 6.07) is 0.439. The van der Waals surface area contributed by atoms with Crippen LogP contribution >= 0.6 is 0 Å². The molecule has 0 bridgehead atoms. The molecule has 0 saturated carbocycles. The van der Waals surface area contributed by atoms with E-state index in [0.717, 1.165) is 30.5 Å². The molecule has 2 N–H and O–H groups in total. The molecule has 0 aromatic carbocycles. The number of nitrogens with one attached hydrogen (secondary N) is 2. The minimum absolute atomic E-state index is 0.439. The summed E-state index contributed by atoms with van der Waals surface area (Å²) >= 11 is 0. The molecule has 0 amide bonds. The number of nitrogens with zero attached hydrogens (tertiary/aromatic N) is 2. The van der Waals surface area contributed by atoms with Crippen molar-refractivity contribution >= 4 is 11.6 Å². The van der Waals surface area contributed by atoms with Crippen molar-refractivity contribution in [3.63, 3.8) is 0 Å². The number of hydrogen-bond donors (Lipinski definition) is 2. The highest BCUT2D eigenvalue weighted by Gasteiger charge is 2.05. The Labute approximate surface area is 117 Å². The Kier molecular flexibility index (Phi) is 7.23. The van der Waals surface area contributed by atoms with Gasteiger partial charge < -0.3 is 10.6 Å². The highest BCUT2D eigenvalue weighted by molar-refractivity contribution is 5.41. The third-order valence-electron chi connectivity index (χ3n) is 3.00. The second kappa shape index (κ2) is 8.73. The molecular formula is C15H28N4. The first-order chi connectivity index (χ1) is 9.11. The van der Waals surface area contributed by atoms with Crippen LogP contribution in [0.5, 0.6) is 0 Å². The summed E-state index contributed by atoms with van der Waals surface area (Å²) in [6.45, 7) is 9.81. The Hall–Kier alpha value is -1.32. The molecule has 0 aliphatic carbocycles. The Morgan fingerprint density at radius 1 is 1.11 bits per heavy atom. The number of anilines is 2. The van der Waals surface area contributed by atoms with E-state index in [-0.39, 0.29) is 0 Å². The summed E-state index contributed by atoms with van der Waals surface area (Å²) in [5.41, 5.74) is 0. The predicted molar refractivity (Wildman–Crippen MR) is 82.6 cm³/mol. The molecule has 0 aliphatic heterocycles. The maximum Gasteiger partial charge on any atom is 0.147 e. The van der Waals surface area contributed by atoms with Crippen LogP contribution in [-0.4, -0.2) is 22.6 Å². The molecule has 108 valence electrons. The molecule has 1 unspecified atom stereocenters. The first-order valence-corrected chi connectivity index (χ1v) is 7.44. The lowest BCUT2D eigenvalue weighted by Gasteiger charge is -2.15. The van der Waals surface area contributed by atoms with E-state index in [1.165, 1.54) is 19.3 Å². The topological polar surface area (TPSA) is 49.8 Å². The van der Waals surface area contributed by atoms with Gasteiger partial charge in [0.05, 0.1) is 12.4 Å². The molecule has 0 radical (unpaired) electrons. The molecular weight excluding hydrogens is 236 g/mol. The van der Waals surface area contributed by atoms with Gasteiger partial charge in [-0.1, -0.05) is 33.6 Å². The SMILES string of the molecule is CCCNc1cncc(NC(C)CCCC(C)C)n1. The van der Waals surface area contributed by atoms with E-state index < -0.39 is 0 Å². The fourth-order valence-electron chi connectivity index (χ4n) is 1.93. The Morgan fingerprint density at radius 2 is 1.84 bits per heavy atom. The normalized spacial score (nSPS) is 12.5. The minimum Gasteiger partial charge on any atom is -0.369 e. The fourth-order valence-corrected chi connectivity index (χ4v) is 1.93. The van der Waals surface area contributed by atoms with Crippen molar-refractivity contribution in [2.75, 3.05) is 17.2 Å². The van der Waals surface area contributed by atoms with E-state index in [1.807, 2.05) is 0 Å². The van der Waals surface area contributed by atoms with E-state index in [9.17, 15) is 0 Å². The second-order valence-electron chi connectivity index (χ2n) is 5.59. The van der Waals surface area contributed by atoms with Crippen molar-refractivity contribution in [1.29, 1.82) is 0 Å². The summed E-state index contributed by atoms with van der Waals surface area (Å²) in [7, 11) is 0. The molecule has 0 fully saturated rings. The summed E-state index contributed by atoms with van der Waals surface area (Å²) in [4.78, 5) is 8.72. The van der Waals surface area contributed by atoms with Gasteiger partial charge in [0.2, 0.25) is 0 Å². The third-order valence-corrected chi connectivity index (χ3v) is 3.00. The van der Waals surface area contributed by atoms with Crippen LogP contribution in [0.3, 0.4) is 0 Å². The number of rotatable bonds is 9. The Bertz CT molecular complexity index is 352. The minimum atomic E-state index is 0.439. The van der Waals surface area contributed by atoms with Gasteiger partial charge in [0.15, 0.2) is 0 Å². The largest absolute Gasteiger partial charge is 0.369 e. The van der Waals surface area contributed by atoms with E-state index in [0.29, 0.717) is 6.04 Å². The van der Waals surface area contributed by atoms with Crippen molar-refractivity contribution in [3.05, 3.63) is 12.4 Å². The summed E-state index contributed by atoms with van der Waals surface area (Å²) in [5.74, 6) is 2.49. The van der Waals surface area contributed by atoms with Gasteiger partial charge in [0.25, 0.3) is 0 Å². The molecule has 0 spiro atoms. The maximum absolute atomic E-state index is 4.51. The van der Waals surface area contributed by atoms with Crippen LogP contribution in [0.4, 0.5) is 11.6 Å². The molecule has 1 rings (SSSR count). The number of aromatic nitrogens is 2. The van der Waals surface area contributed by atoms with Crippen molar-refractivity contribution in [3.8, 4) is 0 Å². The van der Waals surface area contributed by atoms with Crippen LogP contribution in [0.2, 0.25) is 0 Å². The number of hydrogen-bond acceptors (Lipinski definition) is 4. The van der Waals surface area contributed by atoms with E-state index >= 15 is 0 Å². The van der Waals surface area contributed by atoms with Gasteiger partial charge in [-0.05, 0) is 25.7 Å². The third kappa shape index (κ3) is 6.99. The zero-order valence-electron chi connectivity index (χ0n) is 12.7. The molecule has 1 atom stereocenters. The smallest absolute Gasteiger partial charge is 0.147 e. The van der Waals surface area contributed by atoms with Crippen LogP contribution in [-0.2, 0) is 0 Å². The predicted octanol–water partition coefficient (Wildman–Crippen LogP) is 3.93. The monoisotopic (exact) mass is 264 g/mol. The quantitative estimate of drug-likeness (QED) is 0.709. The first-order valence-electron chi connectivity index (χ1n) is 7.44. The summed E-state index contributed by atoms with van der Waals surface area (Å²) < 4.78 is 0. The Balaban J connectivity index is 2.38. The van der Waals surface area contributed by atoms with Gasteiger partial charge in [0, 0.05) is 12.6 Å². The highest BCUT2D eigenvalue weighted by Crippen LogP contribution is 2.12. The zero-order valence-corrected chi connectivity index (χ0v) is 12.7. The van der Waals surface area contributed by atoms with Crippen LogP contribution in [0.1, 0.15) is 53.4 Å².